The summed E-state index contributed by atoms with van der Waals surface area (Å²) in [4.78, 5) is 22.1. The van der Waals surface area contributed by atoms with Crippen LogP contribution in [0, 0.1) is 11.3 Å². The number of hydrogen-bond donors (Lipinski definition) is 0. The van der Waals surface area contributed by atoms with Crippen LogP contribution < -0.4 is 0 Å². The van der Waals surface area contributed by atoms with E-state index in [-0.39, 0.29) is 5.91 Å². The summed E-state index contributed by atoms with van der Waals surface area (Å²) < 4.78 is 0.838. The third-order valence-electron chi connectivity index (χ3n) is 6.94. The van der Waals surface area contributed by atoms with E-state index in [4.69, 9.17) is 0 Å². The largest absolute Gasteiger partial charge is 0.337 e. The second-order valence-electron chi connectivity index (χ2n) is 9.57. The standard InChI is InChI=1S/C27H34BrN5O/c1-30-9-3-11-32(15-13-30)20-21-5-7-24(23(17-21)19-29)25-8-6-22(18-26(25)28)27(34)33-12-4-10-31(2)14-16-33/h5-8,17-18H,3-4,9-16,20H2,1-2H3. The van der Waals surface area contributed by atoms with Gasteiger partial charge in [-0.2, -0.15) is 5.26 Å². The van der Waals surface area contributed by atoms with E-state index in [1.165, 1.54) is 12.0 Å². The molecular weight excluding hydrogens is 490 g/mol. The van der Waals surface area contributed by atoms with Gasteiger partial charge in [-0.15, -0.1) is 0 Å². The first-order valence-electron chi connectivity index (χ1n) is 12.2. The lowest BCUT2D eigenvalue weighted by Gasteiger charge is -2.21. The van der Waals surface area contributed by atoms with E-state index in [0.29, 0.717) is 11.1 Å². The molecule has 0 aromatic heterocycles. The fourth-order valence-corrected chi connectivity index (χ4v) is 5.42. The van der Waals surface area contributed by atoms with Crippen molar-refractivity contribution in [3.8, 4) is 17.2 Å². The van der Waals surface area contributed by atoms with Gasteiger partial charge < -0.3 is 14.7 Å². The maximum absolute atomic E-state index is 13.1. The Labute approximate surface area is 211 Å². The molecule has 0 N–H and O–H groups in total. The van der Waals surface area contributed by atoms with Crippen molar-refractivity contribution in [1.82, 2.24) is 19.6 Å². The Morgan fingerprint density at radius 3 is 2.32 bits per heavy atom. The minimum atomic E-state index is 0.0708. The molecule has 2 aromatic carbocycles. The summed E-state index contributed by atoms with van der Waals surface area (Å²) >= 11 is 3.68. The maximum Gasteiger partial charge on any atom is 0.253 e. The number of nitriles is 1. The Morgan fingerprint density at radius 1 is 0.882 bits per heavy atom. The summed E-state index contributed by atoms with van der Waals surface area (Å²) in [5.74, 6) is 0.0708. The van der Waals surface area contributed by atoms with Crippen LogP contribution in [0.4, 0.5) is 0 Å². The third-order valence-corrected chi connectivity index (χ3v) is 7.59. The molecule has 180 valence electrons. The van der Waals surface area contributed by atoms with Gasteiger partial charge >= 0.3 is 0 Å². The molecule has 0 unspecified atom stereocenters. The lowest BCUT2D eigenvalue weighted by atomic mass is 9.97. The van der Waals surface area contributed by atoms with Gasteiger partial charge in [0.1, 0.15) is 0 Å². The van der Waals surface area contributed by atoms with Crippen LogP contribution in [0.2, 0.25) is 0 Å². The van der Waals surface area contributed by atoms with Crippen LogP contribution in [0.1, 0.15) is 34.3 Å². The van der Waals surface area contributed by atoms with Crippen molar-refractivity contribution in [3.63, 3.8) is 0 Å². The zero-order chi connectivity index (χ0) is 24.1. The average molecular weight is 525 g/mol. The number of carbonyl (C=O) groups excluding carboxylic acids is 1. The summed E-state index contributed by atoms with van der Waals surface area (Å²) in [6.45, 7) is 8.68. The van der Waals surface area contributed by atoms with Crippen LogP contribution in [-0.2, 0) is 6.54 Å². The van der Waals surface area contributed by atoms with Crippen LogP contribution in [0.3, 0.4) is 0 Å². The first-order chi connectivity index (χ1) is 16.4. The molecule has 2 fully saturated rings. The van der Waals surface area contributed by atoms with Crippen molar-refractivity contribution in [2.75, 3.05) is 66.5 Å². The molecule has 2 aliphatic rings. The molecule has 4 rings (SSSR count). The highest BCUT2D eigenvalue weighted by molar-refractivity contribution is 9.10. The molecule has 1 amide bonds. The minimum Gasteiger partial charge on any atom is -0.337 e. The van der Waals surface area contributed by atoms with Gasteiger partial charge in [0.15, 0.2) is 0 Å². The van der Waals surface area contributed by atoms with Crippen molar-refractivity contribution in [1.29, 1.82) is 5.26 Å². The Balaban J connectivity index is 1.51. The monoisotopic (exact) mass is 523 g/mol. The molecule has 0 atom stereocenters. The number of benzene rings is 2. The molecule has 2 saturated heterocycles. The normalized spacial score (nSPS) is 18.8. The molecule has 0 aliphatic carbocycles. The summed E-state index contributed by atoms with van der Waals surface area (Å²) in [5.41, 5.74) is 4.34. The molecule has 0 radical (unpaired) electrons. The van der Waals surface area contributed by atoms with Gasteiger partial charge in [-0.3, -0.25) is 9.69 Å². The molecule has 2 heterocycles. The Morgan fingerprint density at radius 2 is 1.59 bits per heavy atom. The first-order valence-corrected chi connectivity index (χ1v) is 13.0. The summed E-state index contributed by atoms with van der Waals surface area (Å²) in [6, 6.07) is 14.3. The molecule has 6 nitrogen and oxygen atoms in total. The SMILES string of the molecule is CN1CCCN(Cc2ccc(-c3ccc(C(=O)N4CCCN(C)CC4)cc3Br)c(C#N)c2)CC1. The number of rotatable bonds is 4. The van der Waals surface area contributed by atoms with E-state index in [0.717, 1.165) is 80.9 Å². The Hall–Kier alpha value is -2.24. The summed E-state index contributed by atoms with van der Waals surface area (Å²) in [6.07, 6.45) is 2.17. The van der Waals surface area contributed by atoms with Crippen LogP contribution in [0.15, 0.2) is 40.9 Å². The fraction of sp³-hybridized carbons (Fsp3) is 0.481. The zero-order valence-electron chi connectivity index (χ0n) is 20.3. The highest BCUT2D eigenvalue weighted by atomic mass is 79.9. The number of carbonyl (C=O) groups is 1. The molecule has 0 spiro atoms. The number of amides is 1. The van der Waals surface area contributed by atoms with Crippen LogP contribution in [0.5, 0.6) is 0 Å². The molecular formula is C27H34BrN5O. The molecule has 0 saturated carbocycles. The zero-order valence-corrected chi connectivity index (χ0v) is 21.9. The van der Waals surface area contributed by atoms with E-state index in [2.05, 4.69) is 56.9 Å². The summed E-state index contributed by atoms with van der Waals surface area (Å²) in [5, 5.41) is 9.89. The van der Waals surface area contributed by atoms with Gasteiger partial charge in [-0.05, 0) is 75.9 Å². The molecule has 2 aromatic rings. The van der Waals surface area contributed by atoms with Crippen molar-refractivity contribution >= 4 is 21.8 Å². The lowest BCUT2D eigenvalue weighted by molar-refractivity contribution is 0.0763. The maximum atomic E-state index is 13.1. The number of nitrogens with zero attached hydrogens (tertiary/aromatic N) is 5. The van der Waals surface area contributed by atoms with E-state index in [9.17, 15) is 10.1 Å². The van der Waals surface area contributed by atoms with Crippen molar-refractivity contribution in [3.05, 3.63) is 57.6 Å². The number of hydrogen-bond acceptors (Lipinski definition) is 5. The highest BCUT2D eigenvalue weighted by Crippen LogP contribution is 2.32. The second kappa shape index (κ2) is 11.5. The molecule has 7 heteroatoms. The molecule has 2 aliphatic heterocycles. The van der Waals surface area contributed by atoms with E-state index < -0.39 is 0 Å². The topological polar surface area (TPSA) is 53.8 Å². The van der Waals surface area contributed by atoms with Crippen molar-refractivity contribution in [2.24, 2.45) is 0 Å². The predicted octanol–water partition coefficient (Wildman–Crippen LogP) is 3.90. The van der Waals surface area contributed by atoms with E-state index in [1.54, 1.807) is 0 Å². The van der Waals surface area contributed by atoms with Crippen LogP contribution in [-0.4, -0.2) is 92.0 Å². The summed E-state index contributed by atoms with van der Waals surface area (Å²) in [7, 11) is 4.28. The first kappa shape index (κ1) is 24.9. The molecule has 34 heavy (non-hydrogen) atoms. The fourth-order valence-electron chi connectivity index (χ4n) is 4.83. The Bertz CT molecular complexity index is 1070. The minimum absolute atomic E-state index is 0.0708. The second-order valence-corrected chi connectivity index (χ2v) is 10.4. The van der Waals surface area contributed by atoms with Gasteiger partial charge in [0.2, 0.25) is 0 Å². The Kier molecular flexibility index (Phi) is 8.38. The van der Waals surface area contributed by atoms with Gasteiger partial charge in [-0.1, -0.05) is 34.1 Å². The van der Waals surface area contributed by atoms with E-state index in [1.807, 2.05) is 35.2 Å². The van der Waals surface area contributed by atoms with Gasteiger partial charge in [-0.25, -0.2) is 0 Å². The van der Waals surface area contributed by atoms with Gasteiger partial charge in [0.05, 0.1) is 11.6 Å². The van der Waals surface area contributed by atoms with E-state index >= 15 is 0 Å². The smallest absolute Gasteiger partial charge is 0.253 e. The lowest BCUT2D eigenvalue weighted by Crippen LogP contribution is -2.34. The predicted molar refractivity (Wildman–Crippen MR) is 140 cm³/mol. The quantitative estimate of drug-likeness (QED) is 0.608. The van der Waals surface area contributed by atoms with Gasteiger partial charge in [0.25, 0.3) is 5.91 Å². The third kappa shape index (κ3) is 6.05. The molecule has 0 bridgehead atoms. The average Bonchev–Trinajstić information content (AvgIpc) is 3.18. The van der Waals surface area contributed by atoms with Crippen molar-refractivity contribution < 1.29 is 4.79 Å². The number of likely N-dealkylation sites (N-methyl/N-ethyl adjacent to an activating group) is 2. The van der Waals surface area contributed by atoms with Crippen LogP contribution in [0.25, 0.3) is 11.1 Å². The highest BCUT2D eigenvalue weighted by Gasteiger charge is 2.20. The number of halogens is 1. The van der Waals surface area contributed by atoms with Gasteiger partial charge in [0, 0.05) is 54.9 Å². The van der Waals surface area contributed by atoms with Crippen molar-refractivity contribution in [2.45, 2.75) is 19.4 Å². The van der Waals surface area contributed by atoms with Crippen LogP contribution >= 0.6 is 15.9 Å².